The molecule has 4 nitrogen and oxygen atoms in total. The van der Waals surface area contributed by atoms with Gasteiger partial charge in [0, 0.05) is 18.6 Å². The summed E-state index contributed by atoms with van der Waals surface area (Å²) >= 11 is 0. The standard InChI is InChI=1S/C15H23N3O/c16-14(12-6-2-1-3-7-12)10-18(11-15(17)19)13-8-4-5-9-13/h1-3,6-7,13-14H,4-5,8-11,16H2,(H2,17,19). The number of nitrogens with zero attached hydrogens (tertiary/aromatic N) is 1. The summed E-state index contributed by atoms with van der Waals surface area (Å²) in [7, 11) is 0. The molecule has 0 aromatic heterocycles. The molecule has 0 heterocycles. The van der Waals surface area contributed by atoms with E-state index in [2.05, 4.69) is 4.90 Å². The van der Waals surface area contributed by atoms with E-state index in [0.29, 0.717) is 19.1 Å². The van der Waals surface area contributed by atoms with E-state index in [-0.39, 0.29) is 11.9 Å². The van der Waals surface area contributed by atoms with Crippen LogP contribution in [0.2, 0.25) is 0 Å². The van der Waals surface area contributed by atoms with E-state index >= 15 is 0 Å². The van der Waals surface area contributed by atoms with Crippen LogP contribution < -0.4 is 11.5 Å². The van der Waals surface area contributed by atoms with Crippen molar-refractivity contribution in [2.24, 2.45) is 11.5 Å². The van der Waals surface area contributed by atoms with Crippen molar-refractivity contribution in [2.75, 3.05) is 13.1 Å². The molecular weight excluding hydrogens is 238 g/mol. The minimum absolute atomic E-state index is 0.0684. The quantitative estimate of drug-likeness (QED) is 0.813. The number of carbonyl (C=O) groups excluding carboxylic acids is 1. The summed E-state index contributed by atoms with van der Waals surface area (Å²) in [6.07, 6.45) is 4.77. The van der Waals surface area contributed by atoms with Crippen LogP contribution in [0.1, 0.15) is 37.3 Å². The number of nitrogens with two attached hydrogens (primary N) is 2. The molecule has 1 aromatic carbocycles. The highest BCUT2D eigenvalue weighted by molar-refractivity contribution is 5.76. The first-order chi connectivity index (χ1) is 9.16. The third kappa shape index (κ3) is 4.04. The summed E-state index contributed by atoms with van der Waals surface area (Å²) < 4.78 is 0. The summed E-state index contributed by atoms with van der Waals surface area (Å²) in [4.78, 5) is 13.4. The van der Waals surface area contributed by atoms with Crippen LogP contribution in [-0.2, 0) is 4.79 Å². The molecule has 0 spiro atoms. The maximum atomic E-state index is 11.2. The Kier molecular flexibility index (Phi) is 4.93. The Morgan fingerprint density at radius 2 is 1.89 bits per heavy atom. The van der Waals surface area contributed by atoms with Gasteiger partial charge in [0.25, 0.3) is 0 Å². The van der Waals surface area contributed by atoms with E-state index in [1.807, 2.05) is 30.3 Å². The highest BCUT2D eigenvalue weighted by Crippen LogP contribution is 2.24. The Morgan fingerprint density at radius 1 is 1.26 bits per heavy atom. The van der Waals surface area contributed by atoms with Gasteiger partial charge in [0.05, 0.1) is 6.54 Å². The average molecular weight is 261 g/mol. The highest BCUT2D eigenvalue weighted by Gasteiger charge is 2.25. The van der Waals surface area contributed by atoms with Gasteiger partial charge in [0.15, 0.2) is 0 Å². The Labute approximate surface area is 114 Å². The molecule has 1 unspecified atom stereocenters. The molecule has 0 radical (unpaired) electrons. The van der Waals surface area contributed by atoms with Crippen LogP contribution in [0, 0.1) is 0 Å². The molecular formula is C15H23N3O. The minimum atomic E-state index is -0.271. The predicted octanol–water partition coefficient (Wildman–Crippen LogP) is 1.42. The van der Waals surface area contributed by atoms with Crippen molar-refractivity contribution < 1.29 is 4.79 Å². The van der Waals surface area contributed by atoms with Crippen molar-refractivity contribution in [2.45, 2.75) is 37.8 Å². The number of rotatable bonds is 6. The number of benzene rings is 1. The second-order valence-electron chi connectivity index (χ2n) is 5.35. The lowest BCUT2D eigenvalue weighted by atomic mass is 10.1. The zero-order valence-electron chi connectivity index (χ0n) is 11.3. The SMILES string of the molecule is NC(=O)CN(CC(N)c1ccccc1)C1CCCC1. The van der Waals surface area contributed by atoms with Gasteiger partial charge < -0.3 is 11.5 Å². The zero-order valence-corrected chi connectivity index (χ0v) is 11.3. The minimum Gasteiger partial charge on any atom is -0.369 e. The molecule has 1 fully saturated rings. The van der Waals surface area contributed by atoms with Gasteiger partial charge in [-0.15, -0.1) is 0 Å². The van der Waals surface area contributed by atoms with Crippen LogP contribution in [0.15, 0.2) is 30.3 Å². The number of carbonyl (C=O) groups is 1. The molecule has 1 atom stereocenters. The number of hydrogen-bond acceptors (Lipinski definition) is 3. The first-order valence-corrected chi connectivity index (χ1v) is 6.99. The Hall–Kier alpha value is -1.39. The fourth-order valence-electron chi connectivity index (χ4n) is 2.87. The highest BCUT2D eigenvalue weighted by atomic mass is 16.1. The van der Waals surface area contributed by atoms with E-state index in [9.17, 15) is 4.79 Å². The van der Waals surface area contributed by atoms with Gasteiger partial charge in [0.1, 0.15) is 0 Å². The molecule has 1 saturated carbocycles. The molecule has 1 aromatic rings. The smallest absolute Gasteiger partial charge is 0.231 e. The van der Waals surface area contributed by atoms with E-state index in [0.717, 1.165) is 18.4 Å². The Bertz CT molecular complexity index is 401. The lowest BCUT2D eigenvalue weighted by Crippen LogP contribution is -2.43. The van der Waals surface area contributed by atoms with E-state index < -0.39 is 0 Å². The van der Waals surface area contributed by atoms with Crippen LogP contribution >= 0.6 is 0 Å². The second kappa shape index (κ2) is 6.68. The van der Waals surface area contributed by atoms with Crippen LogP contribution in [-0.4, -0.2) is 29.9 Å². The van der Waals surface area contributed by atoms with Crippen LogP contribution in [0.5, 0.6) is 0 Å². The molecule has 1 aliphatic carbocycles. The molecule has 0 bridgehead atoms. The fourth-order valence-corrected chi connectivity index (χ4v) is 2.87. The van der Waals surface area contributed by atoms with Gasteiger partial charge in [0.2, 0.25) is 5.91 Å². The summed E-state index contributed by atoms with van der Waals surface area (Å²) in [6.45, 7) is 1.00. The molecule has 0 saturated heterocycles. The van der Waals surface area contributed by atoms with Gasteiger partial charge in [-0.05, 0) is 18.4 Å². The van der Waals surface area contributed by atoms with E-state index in [1.54, 1.807) is 0 Å². The first-order valence-electron chi connectivity index (χ1n) is 6.99. The van der Waals surface area contributed by atoms with Crippen LogP contribution in [0.3, 0.4) is 0 Å². The summed E-state index contributed by atoms with van der Waals surface area (Å²) in [6, 6.07) is 10.4. The molecule has 4 N–H and O–H groups in total. The number of primary amides is 1. The third-order valence-electron chi connectivity index (χ3n) is 3.86. The van der Waals surface area contributed by atoms with Crippen LogP contribution in [0.25, 0.3) is 0 Å². The maximum absolute atomic E-state index is 11.2. The molecule has 0 aliphatic heterocycles. The third-order valence-corrected chi connectivity index (χ3v) is 3.86. The van der Waals surface area contributed by atoms with Crippen molar-refractivity contribution in [3.8, 4) is 0 Å². The zero-order chi connectivity index (χ0) is 13.7. The van der Waals surface area contributed by atoms with Gasteiger partial charge in [-0.25, -0.2) is 0 Å². The van der Waals surface area contributed by atoms with Gasteiger partial charge >= 0.3 is 0 Å². The fraction of sp³-hybridized carbons (Fsp3) is 0.533. The first kappa shape index (κ1) is 14.0. The van der Waals surface area contributed by atoms with Crippen molar-refractivity contribution in [1.29, 1.82) is 0 Å². The topological polar surface area (TPSA) is 72.4 Å². The average Bonchev–Trinajstić information content (AvgIpc) is 2.92. The molecule has 2 rings (SSSR count). The normalized spacial score (nSPS) is 17.8. The monoisotopic (exact) mass is 261 g/mol. The predicted molar refractivity (Wildman–Crippen MR) is 76.4 cm³/mol. The van der Waals surface area contributed by atoms with Gasteiger partial charge in [-0.3, -0.25) is 9.69 Å². The van der Waals surface area contributed by atoms with Crippen molar-refractivity contribution in [1.82, 2.24) is 4.90 Å². The van der Waals surface area contributed by atoms with Crippen LogP contribution in [0.4, 0.5) is 0 Å². The lowest BCUT2D eigenvalue weighted by molar-refractivity contribution is -0.119. The van der Waals surface area contributed by atoms with E-state index in [1.165, 1.54) is 12.8 Å². The summed E-state index contributed by atoms with van der Waals surface area (Å²) in [5.74, 6) is -0.271. The largest absolute Gasteiger partial charge is 0.369 e. The van der Waals surface area contributed by atoms with Crippen molar-refractivity contribution in [3.05, 3.63) is 35.9 Å². The number of hydrogen-bond donors (Lipinski definition) is 2. The Morgan fingerprint density at radius 3 is 2.47 bits per heavy atom. The summed E-state index contributed by atoms with van der Waals surface area (Å²) in [5, 5.41) is 0. The Balaban J connectivity index is 2.00. The number of amides is 1. The van der Waals surface area contributed by atoms with Crippen molar-refractivity contribution in [3.63, 3.8) is 0 Å². The maximum Gasteiger partial charge on any atom is 0.231 e. The molecule has 4 heteroatoms. The molecule has 104 valence electrons. The molecule has 1 amide bonds. The molecule has 19 heavy (non-hydrogen) atoms. The van der Waals surface area contributed by atoms with E-state index in [4.69, 9.17) is 11.5 Å². The van der Waals surface area contributed by atoms with Crippen molar-refractivity contribution >= 4 is 5.91 Å². The second-order valence-corrected chi connectivity index (χ2v) is 5.35. The molecule has 1 aliphatic rings. The van der Waals surface area contributed by atoms with Gasteiger partial charge in [-0.2, -0.15) is 0 Å². The summed E-state index contributed by atoms with van der Waals surface area (Å²) in [5.41, 5.74) is 12.7. The van der Waals surface area contributed by atoms with Gasteiger partial charge in [-0.1, -0.05) is 43.2 Å². The lowest BCUT2D eigenvalue weighted by Gasteiger charge is -2.30.